The highest BCUT2D eigenvalue weighted by Gasteiger charge is 2.27. The molecule has 16 heavy (non-hydrogen) atoms. The fourth-order valence-corrected chi connectivity index (χ4v) is 1.87. The molecule has 0 aromatic heterocycles. The van der Waals surface area contributed by atoms with Gasteiger partial charge in [-0.05, 0) is 12.5 Å². The second-order valence-electron chi connectivity index (χ2n) is 3.71. The number of rotatable bonds is 2. The minimum absolute atomic E-state index is 0.222. The van der Waals surface area contributed by atoms with Crippen molar-refractivity contribution in [3.05, 3.63) is 23.6 Å². The van der Waals surface area contributed by atoms with E-state index < -0.39 is 0 Å². The van der Waals surface area contributed by atoms with Crippen LogP contribution in [0.25, 0.3) is 0 Å². The number of urea groups is 1. The Balaban J connectivity index is 2.23. The van der Waals surface area contributed by atoms with Gasteiger partial charge < -0.3 is 4.74 Å². The maximum absolute atomic E-state index is 11.6. The first-order valence-corrected chi connectivity index (χ1v) is 5.27. The fourth-order valence-electron chi connectivity index (χ4n) is 1.87. The van der Waals surface area contributed by atoms with Gasteiger partial charge in [0, 0.05) is 19.4 Å². The Morgan fingerprint density at radius 2 is 2.19 bits per heavy atom. The second-order valence-corrected chi connectivity index (χ2v) is 3.71. The monoisotopic (exact) mass is 222 g/mol. The Hall–Kier alpha value is -1.78. The summed E-state index contributed by atoms with van der Waals surface area (Å²) in [7, 11) is 1.60. The van der Waals surface area contributed by atoms with Crippen LogP contribution in [0.2, 0.25) is 0 Å². The molecule has 0 radical (unpaired) electrons. The van der Waals surface area contributed by atoms with Gasteiger partial charge in [0.05, 0.1) is 12.8 Å². The molecule has 0 bridgehead atoms. The minimum Gasteiger partial charge on any atom is -0.499 e. The summed E-state index contributed by atoms with van der Waals surface area (Å²) < 4.78 is 5.25. The molecule has 5 nitrogen and oxygen atoms in total. The first-order chi connectivity index (χ1) is 7.72. The lowest BCUT2D eigenvalue weighted by molar-refractivity contribution is -0.121. The lowest BCUT2D eigenvalue weighted by Crippen LogP contribution is -2.49. The third-order valence-corrected chi connectivity index (χ3v) is 2.69. The van der Waals surface area contributed by atoms with E-state index in [0.717, 1.165) is 24.3 Å². The van der Waals surface area contributed by atoms with Crippen LogP contribution in [0.5, 0.6) is 0 Å². The van der Waals surface area contributed by atoms with Crippen LogP contribution >= 0.6 is 0 Å². The number of carbonyl (C=O) groups is 2. The first-order valence-electron chi connectivity index (χ1n) is 5.27. The average molecular weight is 222 g/mol. The Kier molecular flexibility index (Phi) is 2.94. The molecule has 2 rings (SSSR count). The quantitative estimate of drug-likeness (QED) is 0.762. The highest BCUT2D eigenvalue weighted by atomic mass is 16.5. The Bertz CT molecular complexity index is 385. The van der Waals surface area contributed by atoms with Gasteiger partial charge in [-0.25, -0.2) is 4.79 Å². The summed E-state index contributed by atoms with van der Waals surface area (Å²) >= 11 is 0. The summed E-state index contributed by atoms with van der Waals surface area (Å²) in [5.74, 6) is 0.576. The first kappa shape index (κ1) is 10.7. The van der Waals surface area contributed by atoms with Crippen LogP contribution in [-0.4, -0.2) is 30.5 Å². The third-order valence-electron chi connectivity index (χ3n) is 2.69. The van der Waals surface area contributed by atoms with Gasteiger partial charge in [0.25, 0.3) is 0 Å². The molecule has 0 aromatic rings. The highest BCUT2D eigenvalue weighted by Crippen LogP contribution is 2.23. The van der Waals surface area contributed by atoms with Crippen LogP contribution in [0.15, 0.2) is 23.6 Å². The molecule has 1 aliphatic heterocycles. The molecule has 0 aromatic carbocycles. The van der Waals surface area contributed by atoms with Crippen LogP contribution < -0.4 is 5.32 Å². The molecule has 86 valence electrons. The third kappa shape index (κ3) is 1.93. The number of hydrogen-bond donors (Lipinski definition) is 1. The van der Waals surface area contributed by atoms with E-state index in [4.69, 9.17) is 4.74 Å². The Morgan fingerprint density at radius 3 is 2.88 bits per heavy atom. The SMILES string of the molecule is COC1=C(N2CCC(=O)NC2=O)C=CCC1. The molecule has 1 saturated heterocycles. The van der Waals surface area contributed by atoms with E-state index in [-0.39, 0.29) is 11.9 Å². The number of ether oxygens (including phenoxy) is 1. The van der Waals surface area contributed by atoms with Gasteiger partial charge in [-0.2, -0.15) is 0 Å². The van der Waals surface area contributed by atoms with Crippen molar-refractivity contribution in [3.8, 4) is 0 Å². The largest absolute Gasteiger partial charge is 0.499 e. The lowest BCUT2D eigenvalue weighted by Gasteiger charge is -2.29. The van der Waals surface area contributed by atoms with E-state index in [0.29, 0.717) is 13.0 Å². The summed E-state index contributed by atoms with van der Waals surface area (Å²) in [5.41, 5.74) is 0.763. The summed E-state index contributed by atoms with van der Waals surface area (Å²) in [4.78, 5) is 24.2. The second kappa shape index (κ2) is 4.38. The van der Waals surface area contributed by atoms with Crippen LogP contribution in [-0.2, 0) is 9.53 Å². The van der Waals surface area contributed by atoms with Crippen molar-refractivity contribution in [2.75, 3.05) is 13.7 Å². The van der Waals surface area contributed by atoms with E-state index in [9.17, 15) is 9.59 Å². The molecular formula is C11H14N2O3. The number of carbonyl (C=O) groups excluding carboxylic acids is 2. The highest BCUT2D eigenvalue weighted by molar-refractivity contribution is 5.97. The van der Waals surface area contributed by atoms with Crippen molar-refractivity contribution in [2.45, 2.75) is 19.3 Å². The summed E-state index contributed by atoms with van der Waals surface area (Å²) in [6.45, 7) is 0.414. The van der Waals surface area contributed by atoms with Crippen LogP contribution in [0.3, 0.4) is 0 Å². The maximum atomic E-state index is 11.6. The molecule has 0 spiro atoms. The van der Waals surface area contributed by atoms with Crippen molar-refractivity contribution in [1.82, 2.24) is 10.2 Å². The van der Waals surface area contributed by atoms with Gasteiger partial charge in [0.2, 0.25) is 5.91 Å². The van der Waals surface area contributed by atoms with E-state index in [1.807, 2.05) is 12.2 Å². The van der Waals surface area contributed by atoms with E-state index in [2.05, 4.69) is 5.32 Å². The van der Waals surface area contributed by atoms with E-state index >= 15 is 0 Å². The number of nitrogens with one attached hydrogen (secondary N) is 1. The summed E-state index contributed by atoms with van der Waals surface area (Å²) in [5, 5.41) is 2.30. The molecule has 3 amide bonds. The zero-order valence-electron chi connectivity index (χ0n) is 9.16. The predicted octanol–water partition coefficient (Wildman–Crippen LogP) is 1.14. The molecule has 1 N–H and O–H groups in total. The zero-order chi connectivity index (χ0) is 11.5. The zero-order valence-corrected chi connectivity index (χ0v) is 9.16. The van der Waals surface area contributed by atoms with Crippen LogP contribution in [0.4, 0.5) is 4.79 Å². The number of methoxy groups -OCH3 is 1. The van der Waals surface area contributed by atoms with Gasteiger partial charge in [0.1, 0.15) is 5.76 Å². The molecule has 2 aliphatic rings. The van der Waals surface area contributed by atoms with Crippen molar-refractivity contribution >= 4 is 11.9 Å². The van der Waals surface area contributed by atoms with Gasteiger partial charge in [-0.15, -0.1) is 0 Å². The Morgan fingerprint density at radius 1 is 1.38 bits per heavy atom. The van der Waals surface area contributed by atoms with Gasteiger partial charge in [-0.1, -0.05) is 6.08 Å². The van der Waals surface area contributed by atoms with Crippen molar-refractivity contribution < 1.29 is 14.3 Å². The summed E-state index contributed by atoms with van der Waals surface area (Å²) in [6, 6.07) is -0.368. The van der Waals surface area contributed by atoms with Gasteiger partial charge in [0.15, 0.2) is 0 Å². The number of nitrogens with zero attached hydrogens (tertiary/aromatic N) is 1. The molecule has 0 saturated carbocycles. The van der Waals surface area contributed by atoms with Crippen molar-refractivity contribution in [1.29, 1.82) is 0 Å². The molecule has 1 heterocycles. The van der Waals surface area contributed by atoms with E-state index in [1.165, 1.54) is 0 Å². The number of hydrogen-bond acceptors (Lipinski definition) is 3. The predicted molar refractivity (Wildman–Crippen MR) is 57.3 cm³/mol. The smallest absolute Gasteiger partial charge is 0.328 e. The number of allylic oxidation sites excluding steroid dienone is 3. The van der Waals surface area contributed by atoms with Crippen LogP contribution in [0, 0.1) is 0 Å². The topological polar surface area (TPSA) is 58.6 Å². The molecular weight excluding hydrogens is 208 g/mol. The normalized spacial score (nSPS) is 21.2. The fraction of sp³-hybridized carbons (Fsp3) is 0.455. The number of imide groups is 1. The molecule has 1 fully saturated rings. The molecule has 5 heteroatoms. The maximum Gasteiger partial charge on any atom is 0.328 e. The van der Waals surface area contributed by atoms with E-state index in [1.54, 1.807) is 12.0 Å². The lowest BCUT2D eigenvalue weighted by atomic mass is 10.1. The number of amides is 3. The molecule has 0 atom stereocenters. The van der Waals surface area contributed by atoms with Crippen molar-refractivity contribution in [2.24, 2.45) is 0 Å². The standard InChI is InChI=1S/C11H14N2O3/c1-16-9-5-3-2-4-8(9)13-7-6-10(14)12-11(13)15/h2,4H,3,5-7H2,1H3,(H,12,14,15). The van der Waals surface area contributed by atoms with Crippen LogP contribution in [0.1, 0.15) is 19.3 Å². The minimum atomic E-state index is -0.368. The Labute approximate surface area is 93.7 Å². The summed E-state index contributed by atoms with van der Waals surface area (Å²) in [6.07, 6.45) is 5.92. The molecule has 0 unspecified atom stereocenters. The van der Waals surface area contributed by atoms with Crippen molar-refractivity contribution in [3.63, 3.8) is 0 Å². The van der Waals surface area contributed by atoms with Gasteiger partial charge >= 0.3 is 6.03 Å². The average Bonchev–Trinajstić information content (AvgIpc) is 2.29. The molecule has 1 aliphatic carbocycles. The van der Waals surface area contributed by atoms with Gasteiger partial charge in [-0.3, -0.25) is 15.0 Å².